The molecule has 0 spiro atoms. The Bertz CT molecular complexity index is 734. The zero-order valence-electron chi connectivity index (χ0n) is 17.4. The van der Waals surface area contributed by atoms with Gasteiger partial charge in [-0.2, -0.15) is 0 Å². The zero-order chi connectivity index (χ0) is 19.9. The summed E-state index contributed by atoms with van der Waals surface area (Å²) in [5.41, 5.74) is 2.69. The summed E-state index contributed by atoms with van der Waals surface area (Å²) in [6.45, 7) is 8.11. The number of aryl methyl sites for hydroxylation is 1. The number of benzene rings is 1. The summed E-state index contributed by atoms with van der Waals surface area (Å²) >= 11 is 0. The molecule has 4 bridgehead atoms. The van der Waals surface area contributed by atoms with Crippen molar-refractivity contribution in [3.63, 3.8) is 0 Å². The number of hydrogen-bond acceptors (Lipinski definition) is 3. The molecule has 0 saturated heterocycles. The van der Waals surface area contributed by atoms with E-state index in [1.54, 1.807) is 0 Å². The van der Waals surface area contributed by atoms with E-state index in [9.17, 15) is 9.59 Å². The number of anilines is 2. The molecule has 1 aromatic rings. The van der Waals surface area contributed by atoms with Gasteiger partial charge in [-0.3, -0.25) is 9.59 Å². The van der Waals surface area contributed by atoms with Gasteiger partial charge in [0.1, 0.15) is 0 Å². The fourth-order valence-corrected chi connectivity index (χ4v) is 6.31. The minimum Gasteiger partial charge on any atom is -0.372 e. The largest absolute Gasteiger partial charge is 0.372 e. The molecule has 5 rings (SSSR count). The molecule has 152 valence electrons. The first-order chi connectivity index (χ1) is 13.4. The van der Waals surface area contributed by atoms with Crippen LogP contribution in [0.3, 0.4) is 0 Å². The van der Waals surface area contributed by atoms with Gasteiger partial charge in [-0.25, -0.2) is 0 Å². The maximum absolute atomic E-state index is 12.7. The summed E-state index contributed by atoms with van der Waals surface area (Å²) in [6, 6.07) is 5.98. The van der Waals surface area contributed by atoms with Crippen molar-refractivity contribution < 1.29 is 9.59 Å². The highest BCUT2D eigenvalue weighted by atomic mass is 16.2. The van der Waals surface area contributed by atoms with E-state index in [2.05, 4.69) is 35.4 Å². The van der Waals surface area contributed by atoms with Gasteiger partial charge in [-0.1, -0.05) is 0 Å². The number of carbonyl (C=O) groups is 2. The topological polar surface area (TPSA) is 61.4 Å². The summed E-state index contributed by atoms with van der Waals surface area (Å²) in [5.74, 6) is 1.20. The summed E-state index contributed by atoms with van der Waals surface area (Å²) < 4.78 is 0. The van der Waals surface area contributed by atoms with Gasteiger partial charge in [0.2, 0.25) is 0 Å². The van der Waals surface area contributed by atoms with Crippen molar-refractivity contribution in [2.24, 2.45) is 17.8 Å². The molecule has 4 aliphatic rings. The maximum atomic E-state index is 12.7. The van der Waals surface area contributed by atoms with Gasteiger partial charge < -0.3 is 15.5 Å². The van der Waals surface area contributed by atoms with Gasteiger partial charge in [-0.15, -0.1) is 0 Å². The number of hydrogen-bond donors (Lipinski definition) is 2. The van der Waals surface area contributed by atoms with Gasteiger partial charge in [-0.05, 0) is 101 Å². The molecule has 2 N–H and O–H groups in total. The molecule has 0 unspecified atom stereocenters. The monoisotopic (exact) mass is 383 g/mol. The molecule has 0 atom stereocenters. The molecule has 4 fully saturated rings. The van der Waals surface area contributed by atoms with Crippen LogP contribution in [0, 0.1) is 24.7 Å². The van der Waals surface area contributed by atoms with Crippen LogP contribution in [-0.2, 0) is 9.59 Å². The van der Waals surface area contributed by atoms with Crippen LogP contribution in [0.4, 0.5) is 11.4 Å². The quantitative estimate of drug-likeness (QED) is 0.759. The lowest BCUT2D eigenvalue weighted by Crippen LogP contribution is -2.61. The van der Waals surface area contributed by atoms with E-state index in [0.29, 0.717) is 5.69 Å². The Balaban J connectivity index is 1.40. The standard InChI is InChI=1S/C23H33N3O2/c1-4-26(5-2)19-6-7-20(15(3)8-19)24-21(27)22(28)25-23-12-16-9-17(13-23)11-18(10-16)14-23/h6-8,16-18H,4-5,9-14H2,1-3H3,(H,24,27)(H,25,28). The highest BCUT2D eigenvalue weighted by molar-refractivity contribution is 6.39. The molecule has 2 amide bonds. The fraction of sp³-hybridized carbons (Fsp3) is 0.652. The molecule has 1 aromatic carbocycles. The van der Waals surface area contributed by atoms with Crippen LogP contribution in [0.5, 0.6) is 0 Å². The number of carbonyl (C=O) groups excluding carboxylic acids is 2. The number of amides is 2. The first kappa shape index (κ1) is 19.3. The fourth-order valence-electron chi connectivity index (χ4n) is 6.31. The second-order valence-corrected chi connectivity index (χ2v) is 9.28. The van der Waals surface area contributed by atoms with Crippen molar-refractivity contribution in [2.45, 2.75) is 64.8 Å². The molecular weight excluding hydrogens is 350 g/mol. The minimum atomic E-state index is -0.547. The summed E-state index contributed by atoms with van der Waals surface area (Å²) in [7, 11) is 0. The number of rotatable bonds is 5. The molecule has 4 aliphatic carbocycles. The Hall–Kier alpha value is -2.04. The minimum absolute atomic E-state index is 0.134. The van der Waals surface area contributed by atoms with E-state index in [0.717, 1.165) is 61.4 Å². The molecule has 0 aromatic heterocycles. The second kappa shape index (κ2) is 7.41. The predicted octanol–water partition coefficient (Wildman–Crippen LogP) is 3.86. The van der Waals surface area contributed by atoms with Crippen LogP contribution in [0.2, 0.25) is 0 Å². The van der Waals surface area contributed by atoms with Crippen molar-refractivity contribution in [1.29, 1.82) is 0 Å². The van der Waals surface area contributed by atoms with Gasteiger partial charge >= 0.3 is 11.8 Å². The van der Waals surface area contributed by atoms with E-state index in [-0.39, 0.29) is 5.54 Å². The molecular formula is C23H33N3O2. The first-order valence-corrected chi connectivity index (χ1v) is 10.9. The number of nitrogens with zero attached hydrogens (tertiary/aromatic N) is 1. The number of nitrogens with one attached hydrogen (secondary N) is 2. The van der Waals surface area contributed by atoms with Crippen LogP contribution in [0.15, 0.2) is 18.2 Å². The van der Waals surface area contributed by atoms with Crippen molar-refractivity contribution in [3.05, 3.63) is 23.8 Å². The normalized spacial score (nSPS) is 30.2. The SMILES string of the molecule is CCN(CC)c1ccc(NC(=O)C(=O)NC23CC4CC(CC(C4)C2)C3)c(C)c1. The smallest absolute Gasteiger partial charge is 0.313 e. The van der Waals surface area contributed by atoms with E-state index in [1.807, 2.05) is 19.1 Å². The third kappa shape index (κ3) is 3.63. The third-order valence-electron chi connectivity index (χ3n) is 7.21. The van der Waals surface area contributed by atoms with Crippen molar-refractivity contribution in [1.82, 2.24) is 5.32 Å². The van der Waals surface area contributed by atoms with Crippen LogP contribution in [-0.4, -0.2) is 30.4 Å². The lowest BCUT2D eigenvalue weighted by molar-refractivity contribution is -0.139. The Kier molecular flexibility index (Phi) is 5.11. The average Bonchev–Trinajstić information content (AvgIpc) is 2.63. The van der Waals surface area contributed by atoms with Crippen LogP contribution < -0.4 is 15.5 Å². The Morgan fingerprint density at radius 2 is 1.57 bits per heavy atom. The lowest BCUT2D eigenvalue weighted by atomic mass is 9.53. The predicted molar refractivity (Wildman–Crippen MR) is 112 cm³/mol. The second-order valence-electron chi connectivity index (χ2n) is 9.28. The average molecular weight is 384 g/mol. The maximum Gasteiger partial charge on any atom is 0.313 e. The van der Waals surface area contributed by atoms with Crippen LogP contribution in [0.25, 0.3) is 0 Å². The zero-order valence-corrected chi connectivity index (χ0v) is 17.4. The van der Waals surface area contributed by atoms with E-state index < -0.39 is 11.8 Å². The molecule has 5 nitrogen and oxygen atoms in total. The summed E-state index contributed by atoms with van der Waals surface area (Å²) in [6.07, 6.45) is 7.11. The van der Waals surface area contributed by atoms with E-state index in [4.69, 9.17) is 0 Å². The molecule has 5 heteroatoms. The van der Waals surface area contributed by atoms with Gasteiger partial charge in [0.15, 0.2) is 0 Å². The van der Waals surface area contributed by atoms with Crippen LogP contribution in [0.1, 0.15) is 57.9 Å². The molecule has 4 saturated carbocycles. The first-order valence-electron chi connectivity index (χ1n) is 10.9. The lowest BCUT2D eigenvalue weighted by Gasteiger charge is -2.56. The van der Waals surface area contributed by atoms with E-state index >= 15 is 0 Å². The molecule has 0 heterocycles. The van der Waals surface area contributed by atoms with E-state index in [1.165, 1.54) is 19.3 Å². The Labute approximate surface area is 168 Å². The van der Waals surface area contributed by atoms with Crippen molar-refractivity contribution in [2.75, 3.05) is 23.3 Å². The highest BCUT2D eigenvalue weighted by Gasteiger charge is 2.51. The molecule has 28 heavy (non-hydrogen) atoms. The third-order valence-corrected chi connectivity index (χ3v) is 7.21. The van der Waals surface area contributed by atoms with Crippen molar-refractivity contribution >= 4 is 23.2 Å². The molecule has 0 aliphatic heterocycles. The highest BCUT2D eigenvalue weighted by Crippen LogP contribution is 2.55. The summed E-state index contributed by atoms with van der Waals surface area (Å²) in [4.78, 5) is 27.5. The van der Waals surface area contributed by atoms with Gasteiger partial charge in [0.05, 0.1) is 0 Å². The Morgan fingerprint density at radius 3 is 2.07 bits per heavy atom. The Morgan fingerprint density at radius 1 is 1.00 bits per heavy atom. The van der Waals surface area contributed by atoms with Crippen LogP contribution >= 0.6 is 0 Å². The van der Waals surface area contributed by atoms with Gasteiger partial charge in [0.25, 0.3) is 0 Å². The summed E-state index contributed by atoms with van der Waals surface area (Å²) in [5, 5.41) is 5.98. The van der Waals surface area contributed by atoms with Crippen molar-refractivity contribution in [3.8, 4) is 0 Å². The van der Waals surface area contributed by atoms with Gasteiger partial charge in [0, 0.05) is 30.0 Å². The molecule has 0 radical (unpaired) electrons.